The first kappa shape index (κ1) is 18.0. The standard InChI is InChI=1S/C23H23N5OS/c1-14-2-5-21(30-14)15-8-16(11-19(10-15)28-13-25-26-27-28)22(29)24-12-17-9-18-3-4-20(17)23(18)6-7-23/h2-5,8,10-11,13,17-18,20H,6-7,9,12H2,1H3,(H,24,29). The summed E-state index contributed by atoms with van der Waals surface area (Å²) in [6.45, 7) is 2.83. The molecule has 2 bridgehead atoms. The van der Waals surface area contributed by atoms with Gasteiger partial charge in [-0.25, -0.2) is 4.68 Å². The summed E-state index contributed by atoms with van der Waals surface area (Å²) >= 11 is 1.72. The van der Waals surface area contributed by atoms with Crippen molar-refractivity contribution < 1.29 is 4.79 Å². The lowest BCUT2D eigenvalue weighted by Gasteiger charge is -2.20. The molecule has 2 fully saturated rings. The van der Waals surface area contributed by atoms with Crippen LogP contribution in [0.1, 0.15) is 34.5 Å². The number of aromatic nitrogens is 4. The molecule has 1 spiro atoms. The average molecular weight is 418 g/mol. The van der Waals surface area contributed by atoms with Gasteiger partial charge >= 0.3 is 0 Å². The van der Waals surface area contributed by atoms with Crippen molar-refractivity contribution >= 4 is 17.2 Å². The lowest BCUT2D eigenvalue weighted by atomic mass is 9.89. The summed E-state index contributed by atoms with van der Waals surface area (Å²) in [5.74, 6) is 1.92. The first-order valence-corrected chi connectivity index (χ1v) is 11.4. The number of benzene rings is 1. The van der Waals surface area contributed by atoms with Crippen LogP contribution in [0.25, 0.3) is 16.1 Å². The molecule has 1 amide bonds. The van der Waals surface area contributed by atoms with E-state index in [1.165, 1.54) is 24.1 Å². The number of nitrogens with zero attached hydrogens (tertiary/aromatic N) is 4. The molecule has 0 radical (unpaired) electrons. The largest absolute Gasteiger partial charge is 0.352 e. The SMILES string of the molecule is Cc1ccc(-c2cc(C(=O)NCC3CC4C=CC3C43CC3)cc(-n3cnnn3)c2)s1. The van der Waals surface area contributed by atoms with Gasteiger partial charge in [-0.2, -0.15) is 0 Å². The highest BCUT2D eigenvalue weighted by Gasteiger charge is 2.62. The van der Waals surface area contributed by atoms with E-state index in [0.717, 1.165) is 28.6 Å². The first-order chi connectivity index (χ1) is 14.6. The van der Waals surface area contributed by atoms with Gasteiger partial charge in [-0.1, -0.05) is 12.2 Å². The predicted octanol–water partition coefficient (Wildman–Crippen LogP) is 4.03. The number of tetrazole rings is 1. The van der Waals surface area contributed by atoms with Crippen molar-refractivity contribution in [3.05, 3.63) is 59.3 Å². The second-order valence-corrected chi connectivity index (χ2v) is 10.2. The van der Waals surface area contributed by atoms with Gasteiger partial charge in [-0.05, 0) is 95.7 Å². The van der Waals surface area contributed by atoms with Crippen LogP contribution in [0.4, 0.5) is 0 Å². The molecule has 3 aromatic rings. The van der Waals surface area contributed by atoms with Crippen LogP contribution in [0.5, 0.6) is 0 Å². The molecule has 1 aromatic carbocycles. The van der Waals surface area contributed by atoms with Gasteiger partial charge in [-0.3, -0.25) is 4.79 Å². The Morgan fingerprint density at radius 2 is 2.17 bits per heavy atom. The maximum Gasteiger partial charge on any atom is 0.251 e. The number of carbonyl (C=O) groups excluding carboxylic acids is 1. The molecular formula is C23H23N5OS. The molecule has 152 valence electrons. The monoisotopic (exact) mass is 417 g/mol. The highest BCUT2D eigenvalue weighted by atomic mass is 32.1. The smallest absolute Gasteiger partial charge is 0.251 e. The molecule has 3 atom stereocenters. The Hall–Kier alpha value is -2.80. The molecule has 3 aliphatic carbocycles. The van der Waals surface area contributed by atoms with Crippen LogP contribution < -0.4 is 5.32 Å². The number of thiophene rings is 1. The minimum Gasteiger partial charge on any atom is -0.352 e. The molecule has 2 aromatic heterocycles. The van der Waals surface area contributed by atoms with Gasteiger partial charge in [-0.15, -0.1) is 16.4 Å². The Kier molecular flexibility index (Phi) is 3.96. The van der Waals surface area contributed by atoms with Crippen LogP contribution in [0.15, 0.2) is 48.8 Å². The van der Waals surface area contributed by atoms with E-state index in [9.17, 15) is 4.79 Å². The molecule has 0 aliphatic heterocycles. The second kappa shape index (κ2) is 6.60. The molecule has 7 heteroatoms. The summed E-state index contributed by atoms with van der Waals surface area (Å²) in [5, 5.41) is 14.7. The zero-order valence-electron chi connectivity index (χ0n) is 16.8. The molecule has 1 N–H and O–H groups in total. The van der Waals surface area contributed by atoms with E-state index in [2.05, 4.69) is 52.1 Å². The molecule has 3 unspecified atom stereocenters. The van der Waals surface area contributed by atoms with E-state index in [-0.39, 0.29) is 5.91 Å². The van der Waals surface area contributed by atoms with Crippen molar-refractivity contribution in [2.45, 2.75) is 26.2 Å². The van der Waals surface area contributed by atoms with Crippen LogP contribution in [0, 0.1) is 30.1 Å². The summed E-state index contributed by atoms with van der Waals surface area (Å²) in [5.41, 5.74) is 2.99. The maximum absolute atomic E-state index is 13.1. The Balaban J connectivity index is 1.26. The van der Waals surface area contributed by atoms with Gasteiger partial charge in [0.05, 0.1) is 5.69 Å². The molecule has 0 saturated heterocycles. The summed E-state index contributed by atoms with van der Waals surface area (Å²) in [4.78, 5) is 15.5. The number of rotatable bonds is 5. The van der Waals surface area contributed by atoms with Crippen LogP contribution in [-0.4, -0.2) is 32.7 Å². The van der Waals surface area contributed by atoms with Crippen LogP contribution >= 0.6 is 11.3 Å². The molecule has 30 heavy (non-hydrogen) atoms. The second-order valence-electron chi connectivity index (χ2n) is 8.89. The Bertz CT molecular complexity index is 1140. The topological polar surface area (TPSA) is 72.7 Å². The lowest BCUT2D eigenvalue weighted by molar-refractivity contribution is 0.0944. The maximum atomic E-state index is 13.1. The average Bonchev–Trinajstić information content (AvgIpc) is 3.11. The van der Waals surface area contributed by atoms with Crippen molar-refractivity contribution in [2.75, 3.05) is 6.54 Å². The molecule has 2 saturated carbocycles. The van der Waals surface area contributed by atoms with E-state index >= 15 is 0 Å². The highest BCUT2D eigenvalue weighted by molar-refractivity contribution is 7.15. The molecular weight excluding hydrogens is 394 g/mol. The number of hydrogen-bond donors (Lipinski definition) is 1. The van der Waals surface area contributed by atoms with Crippen LogP contribution in [0.2, 0.25) is 0 Å². The van der Waals surface area contributed by atoms with Gasteiger partial charge in [0.1, 0.15) is 6.33 Å². The quantitative estimate of drug-likeness (QED) is 0.636. The summed E-state index contributed by atoms with van der Waals surface area (Å²) in [6.07, 6.45) is 10.3. The van der Waals surface area contributed by atoms with Gasteiger partial charge < -0.3 is 5.32 Å². The van der Waals surface area contributed by atoms with Gasteiger partial charge in [0.25, 0.3) is 5.91 Å². The third-order valence-electron chi connectivity index (χ3n) is 7.19. The Morgan fingerprint density at radius 3 is 2.87 bits per heavy atom. The third-order valence-corrected chi connectivity index (χ3v) is 8.24. The molecule has 6 nitrogen and oxygen atoms in total. The fraction of sp³-hybridized carbons (Fsp3) is 0.391. The fourth-order valence-corrected chi connectivity index (χ4v) is 6.42. The van der Waals surface area contributed by atoms with Crippen molar-refractivity contribution in [1.29, 1.82) is 0 Å². The fourth-order valence-electron chi connectivity index (χ4n) is 5.57. The van der Waals surface area contributed by atoms with E-state index < -0.39 is 0 Å². The van der Waals surface area contributed by atoms with Crippen molar-refractivity contribution in [2.24, 2.45) is 23.2 Å². The number of allylic oxidation sites excluding steroid dienone is 2. The zero-order valence-corrected chi connectivity index (χ0v) is 17.6. The van der Waals surface area contributed by atoms with E-state index in [1.807, 2.05) is 18.2 Å². The number of hydrogen-bond acceptors (Lipinski definition) is 5. The zero-order chi connectivity index (χ0) is 20.3. The summed E-state index contributed by atoms with van der Waals surface area (Å²) in [6, 6.07) is 10.0. The van der Waals surface area contributed by atoms with E-state index in [4.69, 9.17) is 0 Å². The summed E-state index contributed by atoms with van der Waals surface area (Å²) < 4.78 is 1.60. The number of carbonyl (C=O) groups is 1. The number of amides is 1. The van der Waals surface area contributed by atoms with E-state index in [1.54, 1.807) is 22.3 Å². The minimum absolute atomic E-state index is 0.0314. The highest BCUT2D eigenvalue weighted by Crippen LogP contribution is 2.69. The van der Waals surface area contributed by atoms with Crippen LogP contribution in [0.3, 0.4) is 0 Å². The van der Waals surface area contributed by atoms with Gasteiger partial charge in [0, 0.05) is 21.9 Å². The van der Waals surface area contributed by atoms with Crippen molar-refractivity contribution in [3.63, 3.8) is 0 Å². The first-order valence-electron chi connectivity index (χ1n) is 10.5. The number of nitrogens with one attached hydrogen (secondary N) is 1. The predicted molar refractivity (Wildman–Crippen MR) is 115 cm³/mol. The van der Waals surface area contributed by atoms with Crippen molar-refractivity contribution in [1.82, 2.24) is 25.5 Å². The van der Waals surface area contributed by atoms with Gasteiger partial charge in [0.15, 0.2) is 0 Å². The van der Waals surface area contributed by atoms with E-state index in [0.29, 0.717) is 22.8 Å². The third kappa shape index (κ3) is 2.83. The van der Waals surface area contributed by atoms with Crippen molar-refractivity contribution in [3.8, 4) is 16.1 Å². The summed E-state index contributed by atoms with van der Waals surface area (Å²) in [7, 11) is 0. The molecule has 3 aliphatic rings. The number of aryl methyl sites for hydroxylation is 1. The van der Waals surface area contributed by atoms with Crippen LogP contribution in [-0.2, 0) is 0 Å². The lowest BCUT2D eigenvalue weighted by Crippen LogP contribution is -2.31. The Labute approximate surface area is 179 Å². The molecule has 2 heterocycles. The molecule has 6 rings (SSSR count). The normalized spacial score (nSPS) is 25.2. The van der Waals surface area contributed by atoms with Gasteiger partial charge in [0.2, 0.25) is 0 Å². The minimum atomic E-state index is -0.0314. The Morgan fingerprint density at radius 1 is 1.27 bits per heavy atom.